The molecule has 29 nitrogen and oxygen atoms in total. The summed E-state index contributed by atoms with van der Waals surface area (Å²) in [4.78, 5) is 113. The SMILES string of the molecule is C=C[C@]1(O)[C@H](N2C=CC(=O)CC2=O)O[C@](F)(CO)[C@H]1O.C=C[C@]1(O)[C@H](n2ccc(=O)[nH]c2=O)O[C@](F)(CO[P@@](=O)(N[C@@H](C)C(=O)OC(C)C)Oc2ccccc2)[C@H]1O.C=C[C@]1(OC(=O)c2ccccc2)[C@H](n2ccc(=O)n(C(=O)c3ccccc3)c2=O)O[C@](F)(CO)[C@H]1C. The summed E-state index contributed by atoms with van der Waals surface area (Å²) in [5.74, 6) is -14.0. The second-order valence-electron chi connectivity index (χ2n) is 21.7. The Kier molecular flexibility index (Phi) is 22.2. The summed E-state index contributed by atoms with van der Waals surface area (Å²) in [5, 5.41) is 62.8. The van der Waals surface area contributed by atoms with E-state index in [0.29, 0.717) is 9.13 Å². The van der Waals surface area contributed by atoms with Gasteiger partial charge in [-0.25, -0.2) is 32.1 Å². The maximum Gasteiger partial charge on any atom is 0.459 e. The highest BCUT2D eigenvalue weighted by Crippen LogP contribution is 2.53. The van der Waals surface area contributed by atoms with Gasteiger partial charge in [0.15, 0.2) is 53.5 Å². The molecule has 9 rings (SSSR count). The Morgan fingerprint density at radius 2 is 1.27 bits per heavy atom. The summed E-state index contributed by atoms with van der Waals surface area (Å²) in [5.41, 5.74) is -10.6. The number of aromatic amines is 1. The molecule has 0 bridgehead atoms. The molecule has 0 radical (unpaired) electrons. The summed E-state index contributed by atoms with van der Waals surface area (Å²) in [7, 11) is -4.58. The molecule has 94 heavy (non-hydrogen) atoms. The first-order valence-electron chi connectivity index (χ1n) is 28.3. The molecule has 0 spiro atoms. The number of nitrogens with one attached hydrogen (secondary N) is 2. The quantitative estimate of drug-likeness (QED) is 0.0239. The van der Waals surface area contributed by atoms with Gasteiger partial charge in [0.2, 0.25) is 11.8 Å². The number of H-pyrrole nitrogens is 1. The molecule has 504 valence electrons. The van der Waals surface area contributed by atoms with E-state index >= 15 is 8.78 Å². The van der Waals surface area contributed by atoms with Crippen LogP contribution in [0.3, 0.4) is 0 Å². The van der Waals surface area contributed by atoms with Gasteiger partial charge in [-0.15, -0.1) is 0 Å². The van der Waals surface area contributed by atoms with Gasteiger partial charge in [0.1, 0.15) is 31.6 Å². The van der Waals surface area contributed by atoms with Gasteiger partial charge in [-0.05, 0) is 69.3 Å². The first-order chi connectivity index (χ1) is 44.2. The number of rotatable bonds is 20. The Balaban J connectivity index is 0.000000209. The molecule has 5 aromatic rings. The summed E-state index contributed by atoms with van der Waals surface area (Å²) in [6.45, 7) is 12.6. The van der Waals surface area contributed by atoms with Gasteiger partial charge in [-0.1, -0.05) is 93.4 Å². The van der Waals surface area contributed by atoms with Gasteiger partial charge in [-0.3, -0.25) is 52.3 Å². The van der Waals surface area contributed by atoms with E-state index in [0.717, 1.165) is 64.5 Å². The van der Waals surface area contributed by atoms with Crippen molar-refractivity contribution in [3.8, 4) is 5.75 Å². The summed E-state index contributed by atoms with van der Waals surface area (Å²) in [6, 6.07) is 23.7. The number of para-hydroxylation sites is 1. The molecule has 0 saturated carbocycles. The highest BCUT2D eigenvalue weighted by atomic mass is 31.2. The van der Waals surface area contributed by atoms with Crippen molar-refractivity contribution in [3.63, 3.8) is 0 Å². The number of ether oxygens (including phenoxy) is 5. The molecule has 1 amide bonds. The second kappa shape index (κ2) is 28.8. The molecular formula is C61H66F3N6O23P. The van der Waals surface area contributed by atoms with Gasteiger partial charge in [0, 0.05) is 36.3 Å². The first kappa shape index (κ1) is 72.5. The molecule has 33 heteroatoms. The fraction of sp³-hybridized carbons (Fsp3) is 0.361. The van der Waals surface area contributed by atoms with Crippen LogP contribution in [0, 0.1) is 5.92 Å². The van der Waals surface area contributed by atoms with Crippen LogP contribution in [-0.2, 0) is 47.2 Å². The zero-order valence-electron chi connectivity index (χ0n) is 50.4. The van der Waals surface area contributed by atoms with Gasteiger partial charge < -0.3 is 58.8 Å². The van der Waals surface area contributed by atoms with Crippen molar-refractivity contribution in [1.29, 1.82) is 0 Å². The van der Waals surface area contributed by atoms with Crippen molar-refractivity contribution in [2.24, 2.45) is 5.92 Å². The number of aliphatic hydroxyl groups is 6. The Morgan fingerprint density at radius 3 is 1.81 bits per heavy atom. The Bertz CT molecular complexity index is 3990. The van der Waals surface area contributed by atoms with E-state index in [-0.39, 0.29) is 16.9 Å². The average molecular weight is 1340 g/mol. The van der Waals surface area contributed by atoms with Crippen molar-refractivity contribution in [3.05, 3.63) is 219 Å². The van der Waals surface area contributed by atoms with Gasteiger partial charge in [0.05, 0.1) is 24.0 Å². The predicted octanol–water partition coefficient (Wildman–Crippen LogP) is 2.04. The number of aliphatic hydroxyl groups excluding tert-OH is 4. The third-order valence-corrected chi connectivity index (χ3v) is 16.8. The summed E-state index contributed by atoms with van der Waals surface area (Å²) < 4.78 is 98.2. The van der Waals surface area contributed by atoms with E-state index in [9.17, 15) is 77.6 Å². The molecule has 14 atom stereocenters. The second-order valence-corrected chi connectivity index (χ2v) is 23.4. The molecule has 4 aliphatic rings. The van der Waals surface area contributed by atoms with Crippen LogP contribution in [0.2, 0.25) is 0 Å². The topological polar surface area (TPSA) is 403 Å². The van der Waals surface area contributed by atoms with Gasteiger partial charge in [-0.2, -0.15) is 9.65 Å². The summed E-state index contributed by atoms with van der Waals surface area (Å²) >= 11 is 0. The number of benzene rings is 3. The van der Waals surface area contributed by atoms with Gasteiger partial charge >= 0.3 is 31.1 Å². The number of allylic oxidation sites excluding steroid dienone is 1. The lowest BCUT2D eigenvalue weighted by Crippen LogP contribution is -2.55. The fourth-order valence-electron chi connectivity index (χ4n) is 9.94. The van der Waals surface area contributed by atoms with Gasteiger partial charge in [0.25, 0.3) is 28.7 Å². The standard InChI is InChI=1S/C26H23FN2O7.C23H29FN3O10P.C12H14FNO6/c1-3-25(35-22(33)19-12-8-5-9-13-19)17(2)26(27,16-30)36-23(25)28-15-14-20(31)29(24(28)34)21(32)18-10-6-4-7-11-18;1-5-22(32)19(30)23(24,36-20(22)27-12-11-17(28)25-21(27)31)13-34-38(33,37-16-9-7-6-8-10-16)26-15(4)18(29)35-14(2)3;1-2-11(19)9(18)12(13,6-15)20-10(11)14-4-3-7(16)5-8(14)17/h3-15,17,23,30H,1,16H2,2H3;5-12,14-15,19-20,30,32H,1,13H2,2-4H3,(H,26,33)(H,25,28,31);2-4,9-10,15,18-19H,1,5-6H2/t17-,23+,25+,26+;15-,19-,20+,22+,23+,38-;9-,10+,11+,12+/m000/s1. The lowest BCUT2D eigenvalue weighted by molar-refractivity contribution is -0.212. The molecule has 8 N–H and O–H groups in total. The number of alkyl halides is 3. The number of amides is 1. The van der Waals surface area contributed by atoms with Crippen LogP contribution < -0.4 is 32.1 Å². The van der Waals surface area contributed by atoms with Crippen LogP contribution in [0.4, 0.5) is 13.2 Å². The summed E-state index contributed by atoms with van der Waals surface area (Å²) in [6.07, 6.45) is -4.02. The average Bonchev–Trinajstić information content (AvgIpc) is 1.57. The zero-order chi connectivity index (χ0) is 69.5. The molecule has 6 heterocycles. The zero-order valence-corrected chi connectivity index (χ0v) is 51.3. The van der Waals surface area contributed by atoms with E-state index in [1.54, 1.807) is 68.4 Å². The molecule has 3 fully saturated rings. The van der Waals surface area contributed by atoms with E-state index in [1.165, 1.54) is 50.2 Å². The van der Waals surface area contributed by atoms with Crippen LogP contribution in [-0.4, -0.2) is 169 Å². The number of carbonyl (C=O) groups excluding carboxylic acids is 5. The molecule has 3 aromatic carbocycles. The van der Waals surface area contributed by atoms with Crippen molar-refractivity contribution in [2.75, 3.05) is 19.8 Å². The molecule has 4 aliphatic heterocycles. The number of hydrogen-bond donors (Lipinski definition) is 8. The van der Waals surface area contributed by atoms with Crippen LogP contribution in [0.1, 0.15) is 67.3 Å². The lowest BCUT2D eigenvalue weighted by Gasteiger charge is -2.34. The molecular weight excluding hydrogens is 1270 g/mol. The van der Waals surface area contributed by atoms with Crippen LogP contribution in [0.5, 0.6) is 5.75 Å². The number of aromatic nitrogens is 4. The highest BCUT2D eigenvalue weighted by molar-refractivity contribution is 7.52. The molecule has 2 aromatic heterocycles. The smallest absolute Gasteiger partial charge is 0.459 e. The lowest BCUT2D eigenvalue weighted by atomic mass is 9.84. The number of hydrogen-bond acceptors (Lipinski definition) is 23. The van der Waals surface area contributed by atoms with E-state index in [1.807, 2.05) is 4.98 Å². The maximum absolute atomic E-state index is 16.0. The predicted molar refractivity (Wildman–Crippen MR) is 320 cm³/mol. The Hall–Kier alpha value is -8.89. The first-order valence-corrected chi connectivity index (χ1v) is 29.8. The third-order valence-electron chi connectivity index (χ3n) is 15.1. The van der Waals surface area contributed by atoms with Crippen molar-refractivity contribution in [1.82, 2.24) is 28.7 Å². The normalized spacial score (nSPS) is 29.6. The number of ketones is 1. The van der Waals surface area contributed by atoms with Crippen LogP contribution >= 0.6 is 7.75 Å². The molecule has 3 saturated heterocycles. The maximum atomic E-state index is 16.0. The largest absolute Gasteiger partial charge is 0.462 e. The molecule has 0 unspecified atom stereocenters. The minimum absolute atomic E-state index is 0.0359. The highest BCUT2D eigenvalue weighted by Gasteiger charge is 2.67. The molecule has 0 aliphatic carbocycles. The fourth-order valence-corrected chi connectivity index (χ4v) is 11.4. The Labute approximate surface area is 531 Å². The Morgan fingerprint density at radius 1 is 0.734 bits per heavy atom. The van der Waals surface area contributed by atoms with Crippen LogP contribution in [0.15, 0.2) is 185 Å². The van der Waals surface area contributed by atoms with E-state index in [2.05, 4.69) is 24.8 Å². The number of halogens is 3. The minimum atomic E-state index is -4.58. The monoisotopic (exact) mass is 1340 g/mol. The van der Waals surface area contributed by atoms with Crippen molar-refractivity contribution in [2.45, 2.75) is 112 Å². The third kappa shape index (κ3) is 14.6. The van der Waals surface area contributed by atoms with Crippen molar-refractivity contribution >= 4 is 37.3 Å². The van der Waals surface area contributed by atoms with Crippen molar-refractivity contribution < 1.29 is 105 Å². The number of esters is 2. The minimum Gasteiger partial charge on any atom is -0.462 e. The van der Waals surface area contributed by atoms with Crippen LogP contribution in [0.25, 0.3) is 0 Å². The van der Waals surface area contributed by atoms with E-state index < -0.39 is 169 Å². The number of nitrogens with zero attached hydrogens (tertiary/aromatic N) is 4. The number of carbonyl (C=O) groups is 5. The van der Waals surface area contributed by atoms with E-state index in [4.69, 9.17) is 37.8 Å².